The Hall–Kier alpha value is -1.52. The van der Waals surface area contributed by atoms with Crippen LogP contribution < -0.4 is 0 Å². The lowest BCUT2D eigenvalue weighted by Gasteiger charge is -2.31. The van der Waals surface area contributed by atoms with Crippen LogP contribution >= 0.6 is 0 Å². The number of amides is 2. The maximum Gasteiger partial charge on any atom is 0.323 e. The van der Waals surface area contributed by atoms with Gasteiger partial charge in [-0.1, -0.05) is 26.0 Å². The molecule has 0 saturated carbocycles. The summed E-state index contributed by atoms with van der Waals surface area (Å²) in [6, 6.07) is -0.176. The number of nitrogens with zero attached hydrogens (tertiary/aromatic N) is 2. The summed E-state index contributed by atoms with van der Waals surface area (Å²) in [5.41, 5.74) is 0. The molecule has 0 aromatic carbocycles. The van der Waals surface area contributed by atoms with E-state index in [-0.39, 0.29) is 18.5 Å². The van der Waals surface area contributed by atoms with Gasteiger partial charge in [-0.2, -0.15) is 0 Å². The van der Waals surface area contributed by atoms with Crippen LogP contribution in [0.1, 0.15) is 20.3 Å². The fraction of sp³-hybridized carbons (Fsp3) is 0.667. The van der Waals surface area contributed by atoms with Gasteiger partial charge in [-0.3, -0.25) is 4.79 Å². The zero-order chi connectivity index (χ0) is 12.8. The Morgan fingerprint density at radius 2 is 2.12 bits per heavy atom. The molecule has 0 aromatic rings. The van der Waals surface area contributed by atoms with Crippen LogP contribution in [0.2, 0.25) is 0 Å². The number of urea groups is 1. The highest BCUT2D eigenvalue weighted by atomic mass is 16.4. The van der Waals surface area contributed by atoms with Gasteiger partial charge in [0.15, 0.2) is 0 Å². The first-order chi connectivity index (χ1) is 8.00. The Kier molecular flexibility index (Phi) is 5.00. The number of aliphatic carboxylic acids is 1. The van der Waals surface area contributed by atoms with Gasteiger partial charge in [-0.05, 0) is 12.3 Å². The smallest absolute Gasteiger partial charge is 0.323 e. The number of hydrogen-bond donors (Lipinski definition) is 1. The fourth-order valence-corrected chi connectivity index (χ4v) is 1.83. The third-order valence-corrected chi connectivity index (χ3v) is 2.51. The van der Waals surface area contributed by atoms with E-state index in [1.54, 1.807) is 4.90 Å². The molecule has 5 heteroatoms. The molecule has 96 valence electrons. The predicted molar refractivity (Wildman–Crippen MR) is 64.8 cm³/mol. The molecule has 17 heavy (non-hydrogen) atoms. The fourth-order valence-electron chi connectivity index (χ4n) is 1.83. The van der Waals surface area contributed by atoms with Crippen LogP contribution in [-0.4, -0.2) is 53.1 Å². The molecule has 0 atom stereocenters. The van der Waals surface area contributed by atoms with Gasteiger partial charge in [-0.25, -0.2) is 4.79 Å². The van der Waals surface area contributed by atoms with E-state index in [2.05, 4.69) is 0 Å². The lowest BCUT2D eigenvalue weighted by atomic mass is 10.2. The van der Waals surface area contributed by atoms with Gasteiger partial charge in [-0.15, -0.1) is 0 Å². The molecule has 0 aromatic heterocycles. The average molecular weight is 240 g/mol. The minimum absolute atomic E-state index is 0.176. The molecule has 5 nitrogen and oxygen atoms in total. The molecule has 0 aliphatic carbocycles. The molecule has 1 heterocycles. The van der Waals surface area contributed by atoms with Crippen LogP contribution in [0.4, 0.5) is 4.79 Å². The van der Waals surface area contributed by atoms with Crippen molar-refractivity contribution in [1.82, 2.24) is 9.80 Å². The lowest BCUT2D eigenvalue weighted by molar-refractivity contribution is -0.137. The largest absolute Gasteiger partial charge is 0.480 e. The van der Waals surface area contributed by atoms with E-state index in [0.29, 0.717) is 19.6 Å². The first-order valence-corrected chi connectivity index (χ1v) is 5.91. The van der Waals surface area contributed by atoms with Gasteiger partial charge < -0.3 is 14.9 Å². The van der Waals surface area contributed by atoms with Crippen LogP contribution in [0, 0.1) is 5.92 Å². The summed E-state index contributed by atoms with van der Waals surface area (Å²) >= 11 is 0. The van der Waals surface area contributed by atoms with Crippen molar-refractivity contribution in [3.8, 4) is 0 Å². The highest BCUT2D eigenvalue weighted by Crippen LogP contribution is 2.08. The second-order valence-electron chi connectivity index (χ2n) is 4.66. The van der Waals surface area contributed by atoms with Gasteiger partial charge >= 0.3 is 12.0 Å². The number of carboxylic acids is 1. The van der Waals surface area contributed by atoms with Crippen molar-refractivity contribution in [1.29, 1.82) is 0 Å². The molecule has 1 aliphatic heterocycles. The Bertz CT molecular complexity index is 313. The highest BCUT2D eigenvalue weighted by Gasteiger charge is 2.23. The molecule has 0 saturated heterocycles. The van der Waals surface area contributed by atoms with Crippen molar-refractivity contribution >= 4 is 12.0 Å². The summed E-state index contributed by atoms with van der Waals surface area (Å²) in [4.78, 5) is 26.0. The van der Waals surface area contributed by atoms with Crippen LogP contribution in [0.5, 0.6) is 0 Å². The third-order valence-electron chi connectivity index (χ3n) is 2.51. The Labute approximate surface area is 102 Å². The van der Waals surface area contributed by atoms with Gasteiger partial charge in [0.05, 0.1) is 0 Å². The zero-order valence-corrected chi connectivity index (χ0v) is 10.4. The van der Waals surface area contributed by atoms with Gasteiger partial charge in [0.2, 0.25) is 0 Å². The lowest BCUT2D eigenvalue weighted by Crippen LogP contribution is -2.47. The molecule has 1 aliphatic rings. The molecule has 1 N–H and O–H groups in total. The van der Waals surface area contributed by atoms with E-state index in [1.165, 1.54) is 4.90 Å². The quantitative estimate of drug-likeness (QED) is 0.756. The minimum Gasteiger partial charge on any atom is -0.480 e. The van der Waals surface area contributed by atoms with Crippen molar-refractivity contribution in [3.05, 3.63) is 12.2 Å². The standard InChI is InChI=1S/C12H20N2O3/c1-10(2)8-14(9-11(15)16)12(17)13-6-4-3-5-7-13/h3-4,10H,5-9H2,1-2H3,(H,15,16). The molecule has 0 spiro atoms. The second-order valence-corrected chi connectivity index (χ2v) is 4.66. The van der Waals surface area contributed by atoms with E-state index >= 15 is 0 Å². The number of rotatable bonds is 4. The molecule has 0 bridgehead atoms. The number of carboxylic acid groups (broad SMARTS) is 1. The van der Waals surface area contributed by atoms with E-state index in [1.807, 2.05) is 26.0 Å². The van der Waals surface area contributed by atoms with Crippen LogP contribution in [-0.2, 0) is 4.79 Å². The Morgan fingerprint density at radius 3 is 2.59 bits per heavy atom. The molecule has 2 amide bonds. The molecular weight excluding hydrogens is 220 g/mol. The maximum atomic E-state index is 12.1. The molecular formula is C12H20N2O3. The van der Waals surface area contributed by atoms with Crippen molar-refractivity contribution in [3.63, 3.8) is 0 Å². The minimum atomic E-state index is -0.966. The monoisotopic (exact) mass is 240 g/mol. The average Bonchev–Trinajstić information content (AvgIpc) is 2.27. The SMILES string of the molecule is CC(C)CN(CC(=O)O)C(=O)N1CC=CCC1. The molecule has 1 rings (SSSR count). The third kappa shape index (κ3) is 4.46. The van der Waals surface area contributed by atoms with Crippen LogP contribution in [0.15, 0.2) is 12.2 Å². The highest BCUT2D eigenvalue weighted by molar-refractivity contribution is 5.80. The van der Waals surface area contributed by atoms with E-state index in [0.717, 1.165) is 6.42 Å². The predicted octanol–water partition coefficient (Wildman–Crippen LogP) is 1.41. The van der Waals surface area contributed by atoms with Gasteiger partial charge in [0, 0.05) is 19.6 Å². The van der Waals surface area contributed by atoms with Crippen molar-refractivity contribution < 1.29 is 14.7 Å². The topological polar surface area (TPSA) is 60.9 Å². The summed E-state index contributed by atoms with van der Waals surface area (Å²) in [5.74, 6) is -0.704. The first kappa shape index (κ1) is 13.5. The number of hydrogen-bond acceptors (Lipinski definition) is 2. The zero-order valence-electron chi connectivity index (χ0n) is 10.4. The van der Waals surface area contributed by atoms with E-state index in [4.69, 9.17) is 5.11 Å². The summed E-state index contributed by atoms with van der Waals surface area (Å²) in [5, 5.41) is 8.82. The first-order valence-electron chi connectivity index (χ1n) is 5.91. The number of carbonyl (C=O) groups is 2. The number of carbonyl (C=O) groups excluding carboxylic acids is 1. The summed E-state index contributed by atoms with van der Waals surface area (Å²) in [6.45, 7) is 5.44. The molecule has 0 unspecified atom stereocenters. The normalized spacial score (nSPS) is 15.1. The van der Waals surface area contributed by atoms with E-state index in [9.17, 15) is 9.59 Å². The van der Waals surface area contributed by atoms with E-state index < -0.39 is 5.97 Å². The summed E-state index contributed by atoms with van der Waals surface area (Å²) in [7, 11) is 0. The van der Waals surface area contributed by atoms with Gasteiger partial charge in [0.1, 0.15) is 6.54 Å². The van der Waals surface area contributed by atoms with Crippen molar-refractivity contribution in [2.24, 2.45) is 5.92 Å². The Morgan fingerprint density at radius 1 is 1.41 bits per heavy atom. The second kappa shape index (κ2) is 6.27. The van der Waals surface area contributed by atoms with Crippen molar-refractivity contribution in [2.75, 3.05) is 26.2 Å². The van der Waals surface area contributed by atoms with Crippen molar-refractivity contribution in [2.45, 2.75) is 20.3 Å². The Balaban J connectivity index is 2.63. The maximum absolute atomic E-state index is 12.1. The summed E-state index contributed by atoms with van der Waals surface area (Å²) < 4.78 is 0. The van der Waals surface area contributed by atoms with Gasteiger partial charge in [0.25, 0.3) is 0 Å². The van der Waals surface area contributed by atoms with Crippen LogP contribution in [0.25, 0.3) is 0 Å². The summed E-state index contributed by atoms with van der Waals surface area (Å²) in [6.07, 6.45) is 4.82. The molecule has 0 fully saturated rings. The molecule has 0 radical (unpaired) electrons. The van der Waals surface area contributed by atoms with Crippen LogP contribution in [0.3, 0.4) is 0 Å².